The minimum Gasteiger partial charge on any atom is -0.465 e. The Hall–Kier alpha value is -3.81. The Morgan fingerprint density at radius 3 is 2.47 bits per heavy atom. The first-order valence-electron chi connectivity index (χ1n) is 14.7. The van der Waals surface area contributed by atoms with Crippen molar-refractivity contribution in [3.8, 4) is 11.1 Å². The van der Waals surface area contributed by atoms with Crippen LogP contribution < -0.4 is 10.6 Å². The number of nitrogens with one attached hydrogen (secondary N) is 2. The van der Waals surface area contributed by atoms with Crippen molar-refractivity contribution in [2.24, 2.45) is 0 Å². The molecule has 0 aliphatic carbocycles. The molecule has 1 aromatic heterocycles. The Bertz CT molecular complexity index is 1560. The predicted octanol–water partition coefficient (Wildman–Crippen LogP) is 5.71. The largest absolute Gasteiger partial charge is 0.465 e. The van der Waals surface area contributed by atoms with Gasteiger partial charge in [0, 0.05) is 24.3 Å². The quantitative estimate of drug-likeness (QED) is 0.131. The average Bonchev–Trinajstić information content (AvgIpc) is 3.50. The number of amides is 2. The highest BCUT2D eigenvalue weighted by Crippen LogP contribution is 2.40. The normalized spacial score (nSPS) is 17.9. The molecule has 0 saturated carbocycles. The van der Waals surface area contributed by atoms with E-state index in [2.05, 4.69) is 20.8 Å². The molecule has 3 N–H and O–H groups in total. The zero-order valence-corrected chi connectivity index (χ0v) is 26.7. The van der Waals surface area contributed by atoms with Gasteiger partial charge in [0.1, 0.15) is 11.6 Å². The molecule has 0 radical (unpaired) electrons. The topological polar surface area (TPSA) is 132 Å². The van der Waals surface area contributed by atoms with Gasteiger partial charge in [-0.05, 0) is 41.7 Å². The van der Waals surface area contributed by atoms with Gasteiger partial charge in [0.25, 0.3) is 0 Å². The number of carbonyl (C=O) groups excluding carboxylic acids is 2. The molecule has 45 heavy (non-hydrogen) atoms. The van der Waals surface area contributed by atoms with E-state index in [0.29, 0.717) is 12.2 Å². The maximum Gasteiger partial charge on any atom is 0.325 e. The van der Waals surface area contributed by atoms with Crippen LogP contribution in [0.4, 0.5) is 4.79 Å². The lowest BCUT2D eigenvalue weighted by atomic mass is 9.98. The first-order chi connectivity index (χ1) is 21.9. The van der Waals surface area contributed by atoms with Gasteiger partial charge in [-0.2, -0.15) is 0 Å². The van der Waals surface area contributed by atoms with Crippen LogP contribution in [0.15, 0.2) is 77.1 Å². The van der Waals surface area contributed by atoms with E-state index in [9.17, 15) is 14.7 Å². The van der Waals surface area contributed by atoms with Crippen LogP contribution in [0, 0.1) is 6.92 Å². The van der Waals surface area contributed by atoms with Crippen molar-refractivity contribution in [2.45, 2.75) is 56.3 Å². The summed E-state index contributed by atoms with van der Waals surface area (Å²) in [6.45, 7) is 4.01. The summed E-state index contributed by atoms with van der Waals surface area (Å²) in [5, 5.41) is 24.1. The third-order valence-electron chi connectivity index (χ3n) is 7.16. The Kier molecular flexibility index (Phi) is 11.6. The molecule has 10 nitrogen and oxygen atoms in total. The maximum absolute atomic E-state index is 12.2. The highest BCUT2D eigenvalue weighted by molar-refractivity contribution is 8.01. The molecule has 4 aromatic rings. The van der Waals surface area contributed by atoms with Crippen LogP contribution >= 0.6 is 23.1 Å². The van der Waals surface area contributed by atoms with E-state index in [1.165, 1.54) is 0 Å². The molecule has 0 spiro atoms. The lowest BCUT2D eigenvalue weighted by Crippen LogP contribution is -2.38. The molecule has 3 atom stereocenters. The van der Waals surface area contributed by atoms with E-state index in [1.807, 2.05) is 79.7 Å². The number of nitrogens with zero attached hydrogens (tertiary/aromatic N) is 2. The van der Waals surface area contributed by atoms with Gasteiger partial charge in [-0.25, -0.2) is 4.79 Å². The number of benzene rings is 3. The van der Waals surface area contributed by atoms with E-state index < -0.39 is 18.3 Å². The summed E-state index contributed by atoms with van der Waals surface area (Å²) in [5.74, 6) is 0.230. The smallest absolute Gasteiger partial charge is 0.325 e. The minimum atomic E-state index is -0.572. The van der Waals surface area contributed by atoms with Crippen LogP contribution in [-0.4, -0.2) is 52.3 Å². The Morgan fingerprint density at radius 2 is 1.76 bits per heavy atom. The summed E-state index contributed by atoms with van der Waals surface area (Å²) in [7, 11) is 0. The maximum atomic E-state index is 12.2. The van der Waals surface area contributed by atoms with Crippen molar-refractivity contribution >= 4 is 35.1 Å². The Labute approximate surface area is 270 Å². The molecule has 2 amide bonds. The third-order valence-corrected chi connectivity index (χ3v) is 9.27. The summed E-state index contributed by atoms with van der Waals surface area (Å²) in [6.07, 6.45) is -0.148. The van der Waals surface area contributed by atoms with Crippen LogP contribution in [-0.2, 0) is 32.2 Å². The number of carbonyl (C=O) groups is 2. The standard InChI is InChI=1S/C33H36N4O6S2/c1-3-41-30(39)18-35-32(40)34-17-26-6-4-5-7-28(26)23-12-14-25(15-13-23)31-42-27(20-44-33-37-36-21(2)45-33)16-29(43-31)24-10-8-22(19-38)9-11-24/h4-15,27,29,31,38H,3,16-20H2,1-2H3,(H2,34,35,40). The summed E-state index contributed by atoms with van der Waals surface area (Å²) >= 11 is 3.21. The number of thioether (sulfide) groups is 1. The first kappa shape index (κ1) is 32.6. The van der Waals surface area contributed by atoms with Crippen LogP contribution in [0.25, 0.3) is 11.1 Å². The van der Waals surface area contributed by atoms with Gasteiger partial charge in [-0.3, -0.25) is 4.79 Å². The van der Waals surface area contributed by atoms with Crippen molar-refractivity contribution in [3.63, 3.8) is 0 Å². The third kappa shape index (κ3) is 9.12. The molecule has 236 valence electrons. The second kappa shape index (κ2) is 16.0. The van der Waals surface area contributed by atoms with Gasteiger partial charge < -0.3 is 30.0 Å². The summed E-state index contributed by atoms with van der Waals surface area (Å²) in [4.78, 5) is 23.8. The van der Waals surface area contributed by atoms with E-state index in [-0.39, 0.29) is 38.5 Å². The molecule has 3 aromatic carbocycles. The lowest BCUT2D eigenvalue weighted by Gasteiger charge is -2.36. The van der Waals surface area contributed by atoms with Crippen LogP contribution in [0.3, 0.4) is 0 Å². The van der Waals surface area contributed by atoms with Gasteiger partial charge in [0.15, 0.2) is 10.6 Å². The number of esters is 1. The fourth-order valence-corrected chi connectivity index (χ4v) is 6.76. The molecule has 3 unspecified atom stereocenters. The van der Waals surface area contributed by atoms with Gasteiger partial charge in [-0.15, -0.1) is 10.2 Å². The summed E-state index contributed by atoms with van der Waals surface area (Å²) in [6, 6.07) is 23.3. The molecule has 1 aliphatic heterocycles. The number of aryl methyl sites for hydroxylation is 1. The number of hydrogen-bond acceptors (Lipinski definition) is 10. The highest BCUT2D eigenvalue weighted by Gasteiger charge is 2.32. The molecular formula is C33H36N4O6S2. The van der Waals surface area contributed by atoms with Crippen molar-refractivity contribution in [1.29, 1.82) is 0 Å². The summed E-state index contributed by atoms with van der Waals surface area (Å²) in [5.41, 5.74) is 5.66. The van der Waals surface area contributed by atoms with Crippen LogP contribution in [0.2, 0.25) is 0 Å². The van der Waals surface area contributed by atoms with Crippen molar-refractivity contribution in [1.82, 2.24) is 20.8 Å². The second-order valence-electron chi connectivity index (χ2n) is 10.4. The van der Waals surface area contributed by atoms with Crippen LogP contribution in [0.5, 0.6) is 0 Å². The number of ether oxygens (including phenoxy) is 3. The predicted molar refractivity (Wildman–Crippen MR) is 173 cm³/mol. The zero-order chi connectivity index (χ0) is 31.6. The minimum absolute atomic E-state index is 0.00765. The van der Waals surface area contributed by atoms with Crippen LogP contribution in [0.1, 0.15) is 53.0 Å². The number of rotatable bonds is 12. The molecule has 2 heterocycles. The van der Waals surface area contributed by atoms with E-state index in [0.717, 1.165) is 42.7 Å². The second-order valence-corrected chi connectivity index (χ2v) is 12.8. The lowest BCUT2D eigenvalue weighted by molar-refractivity contribution is -0.245. The number of hydrogen-bond donors (Lipinski definition) is 3. The van der Waals surface area contributed by atoms with E-state index in [4.69, 9.17) is 14.2 Å². The zero-order valence-electron chi connectivity index (χ0n) is 25.1. The monoisotopic (exact) mass is 648 g/mol. The number of aliphatic hydroxyl groups is 1. The van der Waals surface area contributed by atoms with E-state index in [1.54, 1.807) is 30.0 Å². The molecule has 12 heteroatoms. The van der Waals surface area contributed by atoms with Crippen molar-refractivity contribution < 1.29 is 28.9 Å². The van der Waals surface area contributed by atoms with Gasteiger partial charge >= 0.3 is 12.0 Å². The first-order valence-corrected chi connectivity index (χ1v) is 16.5. The fraction of sp³-hybridized carbons (Fsp3) is 0.333. The highest BCUT2D eigenvalue weighted by atomic mass is 32.2. The molecule has 0 bridgehead atoms. The Morgan fingerprint density at radius 1 is 1.00 bits per heavy atom. The molecule has 1 aliphatic rings. The van der Waals surface area contributed by atoms with Gasteiger partial charge in [-0.1, -0.05) is 95.9 Å². The van der Waals surface area contributed by atoms with Gasteiger partial charge in [0.05, 0.1) is 25.4 Å². The molecular weight excluding hydrogens is 613 g/mol. The van der Waals surface area contributed by atoms with E-state index >= 15 is 0 Å². The number of aromatic nitrogens is 2. The number of aliphatic hydroxyl groups excluding tert-OH is 1. The molecule has 1 fully saturated rings. The fourth-order valence-electron chi connectivity index (χ4n) is 4.90. The van der Waals surface area contributed by atoms with Crippen molar-refractivity contribution in [3.05, 3.63) is 100 Å². The molecule has 5 rings (SSSR count). The average molecular weight is 649 g/mol. The van der Waals surface area contributed by atoms with Crippen molar-refractivity contribution in [2.75, 3.05) is 18.9 Å². The Balaban J connectivity index is 1.28. The number of urea groups is 1. The SMILES string of the molecule is CCOC(=O)CNC(=O)NCc1ccccc1-c1ccc(C2OC(CSc3nnc(C)s3)CC(c3ccc(CO)cc3)O2)cc1. The molecule has 1 saturated heterocycles. The summed E-state index contributed by atoms with van der Waals surface area (Å²) < 4.78 is 18.7. The van der Waals surface area contributed by atoms with Gasteiger partial charge in [0.2, 0.25) is 0 Å².